The van der Waals surface area contributed by atoms with Gasteiger partial charge in [-0.1, -0.05) is 0 Å². The molecule has 0 spiro atoms. The van der Waals surface area contributed by atoms with Gasteiger partial charge in [0, 0.05) is 30.7 Å². The standard InChI is InChI=1S/C17H19F2N3O4/c1-9(20-17(23)24)15-13(8-14-25-3-4-26-14)16(22(2)21-15)10-5-11(18)7-12(19)6-10/h5-7,9,14,20H,3-4,8H2,1-2H3,(H,23,24). The molecule has 1 aromatic carbocycles. The fourth-order valence-corrected chi connectivity index (χ4v) is 3.13. The zero-order chi connectivity index (χ0) is 18.8. The minimum absolute atomic E-state index is 0.280. The summed E-state index contributed by atoms with van der Waals surface area (Å²) < 4.78 is 39.9. The summed E-state index contributed by atoms with van der Waals surface area (Å²) >= 11 is 0. The normalized spacial score (nSPS) is 16.0. The summed E-state index contributed by atoms with van der Waals surface area (Å²) in [5.74, 6) is -1.42. The number of rotatable bonds is 5. The van der Waals surface area contributed by atoms with Gasteiger partial charge in [-0.2, -0.15) is 5.10 Å². The number of aryl methyl sites for hydroxylation is 1. The van der Waals surface area contributed by atoms with Crippen molar-refractivity contribution < 1.29 is 28.2 Å². The molecule has 9 heteroatoms. The number of hydrogen-bond acceptors (Lipinski definition) is 4. The van der Waals surface area contributed by atoms with Gasteiger partial charge in [-0.15, -0.1) is 0 Å². The van der Waals surface area contributed by atoms with Crippen molar-refractivity contribution in [3.63, 3.8) is 0 Å². The van der Waals surface area contributed by atoms with Gasteiger partial charge < -0.3 is 19.9 Å². The molecule has 7 nitrogen and oxygen atoms in total. The lowest BCUT2D eigenvalue weighted by Crippen LogP contribution is -2.26. The Morgan fingerprint density at radius 3 is 2.54 bits per heavy atom. The van der Waals surface area contributed by atoms with E-state index in [1.54, 1.807) is 14.0 Å². The molecule has 0 saturated carbocycles. The maximum atomic E-state index is 13.7. The van der Waals surface area contributed by atoms with Crippen molar-refractivity contribution in [2.45, 2.75) is 25.7 Å². The number of amides is 1. The number of ether oxygens (including phenoxy) is 2. The molecule has 1 saturated heterocycles. The number of nitrogens with one attached hydrogen (secondary N) is 1. The Morgan fingerprint density at radius 1 is 1.35 bits per heavy atom. The van der Waals surface area contributed by atoms with Gasteiger partial charge in [0.2, 0.25) is 0 Å². The summed E-state index contributed by atoms with van der Waals surface area (Å²) in [4.78, 5) is 11.0. The third-order valence-corrected chi connectivity index (χ3v) is 4.12. The van der Waals surface area contributed by atoms with Crippen LogP contribution < -0.4 is 5.32 Å². The van der Waals surface area contributed by atoms with Crippen LogP contribution in [0.15, 0.2) is 18.2 Å². The molecule has 2 aromatic rings. The number of carboxylic acid groups (broad SMARTS) is 1. The third kappa shape index (κ3) is 3.83. The van der Waals surface area contributed by atoms with Gasteiger partial charge in [0.05, 0.1) is 30.6 Å². The Morgan fingerprint density at radius 2 is 1.96 bits per heavy atom. The third-order valence-electron chi connectivity index (χ3n) is 4.12. The molecule has 3 rings (SSSR count). The highest BCUT2D eigenvalue weighted by molar-refractivity contribution is 5.67. The van der Waals surface area contributed by atoms with Crippen LogP contribution in [-0.2, 0) is 22.9 Å². The van der Waals surface area contributed by atoms with Crippen LogP contribution in [0.5, 0.6) is 0 Å². The molecule has 2 heterocycles. The van der Waals surface area contributed by atoms with E-state index in [1.165, 1.54) is 16.8 Å². The molecule has 1 fully saturated rings. The maximum Gasteiger partial charge on any atom is 0.405 e. The van der Waals surface area contributed by atoms with Gasteiger partial charge in [0.25, 0.3) is 0 Å². The minimum atomic E-state index is -1.19. The van der Waals surface area contributed by atoms with Gasteiger partial charge in [0.1, 0.15) is 11.6 Å². The number of aromatic nitrogens is 2. The van der Waals surface area contributed by atoms with E-state index in [9.17, 15) is 13.6 Å². The summed E-state index contributed by atoms with van der Waals surface area (Å²) in [6.45, 7) is 2.55. The van der Waals surface area contributed by atoms with Crippen LogP contribution in [0.4, 0.5) is 13.6 Å². The molecular formula is C17H19F2N3O4. The van der Waals surface area contributed by atoms with Crippen LogP contribution >= 0.6 is 0 Å². The Kier molecular flexibility index (Phi) is 5.19. The van der Waals surface area contributed by atoms with E-state index in [0.717, 1.165) is 6.07 Å². The molecule has 1 atom stereocenters. The molecule has 1 aliphatic heterocycles. The fraction of sp³-hybridized carbons (Fsp3) is 0.412. The fourth-order valence-electron chi connectivity index (χ4n) is 3.13. The summed E-state index contributed by atoms with van der Waals surface area (Å²) in [7, 11) is 1.63. The largest absolute Gasteiger partial charge is 0.465 e. The monoisotopic (exact) mass is 367 g/mol. The van der Waals surface area contributed by atoms with E-state index in [2.05, 4.69) is 10.4 Å². The molecule has 0 aliphatic carbocycles. The van der Waals surface area contributed by atoms with Crippen LogP contribution in [-0.4, -0.2) is 40.5 Å². The quantitative estimate of drug-likeness (QED) is 0.849. The highest BCUT2D eigenvalue weighted by Crippen LogP contribution is 2.32. The van der Waals surface area contributed by atoms with Crippen LogP contribution in [0.2, 0.25) is 0 Å². The smallest absolute Gasteiger partial charge is 0.405 e. The zero-order valence-electron chi connectivity index (χ0n) is 14.3. The lowest BCUT2D eigenvalue weighted by Gasteiger charge is -2.15. The summed E-state index contributed by atoms with van der Waals surface area (Å²) in [5.41, 5.74) is 1.86. The molecular weight excluding hydrogens is 348 g/mol. The van der Waals surface area contributed by atoms with Crippen LogP contribution in [0.3, 0.4) is 0 Å². The average Bonchev–Trinajstić information content (AvgIpc) is 3.14. The molecule has 140 valence electrons. The number of carbonyl (C=O) groups is 1. The topological polar surface area (TPSA) is 85.6 Å². The number of halogens is 2. The van der Waals surface area contributed by atoms with Crippen LogP contribution in [0.25, 0.3) is 11.3 Å². The van der Waals surface area contributed by atoms with Crippen LogP contribution in [0, 0.1) is 11.6 Å². The van der Waals surface area contributed by atoms with Crippen molar-refractivity contribution in [1.82, 2.24) is 15.1 Å². The maximum absolute atomic E-state index is 13.7. The molecule has 1 aromatic heterocycles. The molecule has 0 radical (unpaired) electrons. The highest BCUT2D eigenvalue weighted by Gasteiger charge is 2.27. The SMILES string of the molecule is CC(NC(=O)O)c1nn(C)c(-c2cc(F)cc(F)c2)c1CC1OCCO1. The first-order valence-corrected chi connectivity index (χ1v) is 8.10. The summed E-state index contributed by atoms with van der Waals surface area (Å²) in [6, 6.07) is 2.58. The molecule has 0 bridgehead atoms. The van der Waals surface area contributed by atoms with Crippen molar-refractivity contribution in [3.8, 4) is 11.3 Å². The second kappa shape index (κ2) is 7.38. The van der Waals surface area contributed by atoms with Crippen LogP contribution in [0.1, 0.15) is 24.2 Å². The Labute approximate surface area is 148 Å². The first kappa shape index (κ1) is 18.3. The van der Waals surface area contributed by atoms with Gasteiger partial charge in [-0.3, -0.25) is 4.68 Å². The van der Waals surface area contributed by atoms with E-state index >= 15 is 0 Å². The van der Waals surface area contributed by atoms with Crippen molar-refractivity contribution in [3.05, 3.63) is 41.1 Å². The van der Waals surface area contributed by atoms with E-state index in [-0.39, 0.29) is 6.42 Å². The number of hydrogen-bond donors (Lipinski definition) is 2. The van der Waals surface area contributed by atoms with Gasteiger partial charge in [-0.05, 0) is 19.1 Å². The second-order valence-electron chi connectivity index (χ2n) is 6.04. The Bertz CT molecular complexity index is 798. The van der Waals surface area contributed by atoms with Gasteiger partial charge in [0.15, 0.2) is 6.29 Å². The van der Waals surface area contributed by atoms with Crippen molar-refractivity contribution in [2.75, 3.05) is 13.2 Å². The Balaban J connectivity index is 2.09. The predicted octanol–water partition coefficient (Wildman–Crippen LogP) is 2.61. The molecule has 1 aliphatic rings. The average molecular weight is 367 g/mol. The lowest BCUT2D eigenvalue weighted by molar-refractivity contribution is -0.0400. The second-order valence-corrected chi connectivity index (χ2v) is 6.04. The van der Waals surface area contributed by atoms with Crippen molar-refractivity contribution in [2.24, 2.45) is 7.05 Å². The molecule has 1 amide bonds. The molecule has 2 N–H and O–H groups in total. The van der Waals surface area contributed by atoms with E-state index in [1.807, 2.05) is 0 Å². The molecule has 26 heavy (non-hydrogen) atoms. The van der Waals surface area contributed by atoms with E-state index < -0.39 is 30.1 Å². The highest BCUT2D eigenvalue weighted by atomic mass is 19.1. The van der Waals surface area contributed by atoms with Gasteiger partial charge in [-0.25, -0.2) is 13.6 Å². The lowest BCUT2D eigenvalue weighted by atomic mass is 9.99. The Hall–Kier alpha value is -2.52. The van der Waals surface area contributed by atoms with Crippen molar-refractivity contribution in [1.29, 1.82) is 0 Å². The molecule has 1 unspecified atom stereocenters. The summed E-state index contributed by atoms with van der Waals surface area (Å²) in [6.07, 6.45) is -1.43. The van der Waals surface area contributed by atoms with E-state index in [0.29, 0.717) is 35.7 Å². The number of nitrogens with zero attached hydrogens (tertiary/aromatic N) is 2. The van der Waals surface area contributed by atoms with Crippen molar-refractivity contribution >= 4 is 6.09 Å². The first-order chi connectivity index (χ1) is 12.3. The van der Waals surface area contributed by atoms with Gasteiger partial charge >= 0.3 is 6.09 Å². The number of benzene rings is 1. The van der Waals surface area contributed by atoms with E-state index in [4.69, 9.17) is 14.6 Å². The minimum Gasteiger partial charge on any atom is -0.465 e. The first-order valence-electron chi connectivity index (χ1n) is 8.10. The predicted molar refractivity (Wildman–Crippen MR) is 87.5 cm³/mol. The zero-order valence-corrected chi connectivity index (χ0v) is 14.3. The summed E-state index contributed by atoms with van der Waals surface area (Å²) in [5, 5.41) is 15.7.